The molecule has 22 heavy (non-hydrogen) atoms. The monoisotopic (exact) mass is 436 g/mol. The van der Waals surface area contributed by atoms with E-state index >= 15 is 0 Å². The molecule has 0 aliphatic heterocycles. The topological polar surface area (TPSA) is 46.0 Å². The zero-order valence-electron chi connectivity index (χ0n) is 11.3. The van der Waals surface area contributed by atoms with E-state index in [1.54, 1.807) is 0 Å². The normalized spacial score (nSPS) is 11.4. The summed E-state index contributed by atoms with van der Waals surface area (Å²) in [5, 5.41) is 11.6. The fourth-order valence-corrected chi connectivity index (χ4v) is 4.86. The molecule has 0 spiro atoms. The number of aromatic hydroxyl groups is 1. The number of hydrogen-bond donors (Lipinski definition) is 1. The van der Waals surface area contributed by atoms with E-state index in [-0.39, 0.29) is 15.8 Å². The Morgan fingerprint density at radius 3 is 2.23 bits per heavy atom. The second kappa shape index (κ2) is 5.80. The van der Waals surface area contributed by atoms with Gasteiger partial charge in [0, 0.05) is 5.56 Å². The molecule has 0 unspecified atom stereocenters. The Bertz CT molecular complexity index is 897. The van der Waals surface area contributed by atoms with Crippen molar-refractivity contribution in [2.45, 2.75) is 13.8 Å². The lowest BCUT2D eigenvalue weighted by atomic mass is 9.95. The number of hydrogen-bond acceptors (Lipinski definition) is 4. The van der Waals surface area contributed by atoms with E-state index in [4.69, 9.17) is 34.8 Å². The first-order valence-corrected chi connectivity index (χ1v) is 8.84. The predicted octanol–water partition coefficient (Wildman–Crippen LogP) is 6.40. The van der Waals surface area contributed by atoms with Gasteiger partial charge < -0.3 is 5.11 Å². The maximum absolute atomic E-state index is 10.0. The molecule has 0 aliphatic rings. The Balaban J connectivity index is 2.51. The summed E-state index contributed by atoms with van der Waals surface area (Å²) in [6.07, 6.45) is 1.42. The SMILES string of the molecule is Cc1c(Cl)c(O)c(Cl)c(C)c1-c1c(Br)sc2ncnc(Cl)c12. The zero-order valence-corrected chi connectivity index (χ0v) is 16.0. The summed E-state index contributed by atoms with van der Waals surface area (Å²) >= 11 is 23.7. The van der Waals surface area contributed by atoms with E-state index in [1.807, 2.05) is 13.8 Å². The Hall–Kier alpha value is -0.590. The van der Waals surface area contributed by atoms with Gasteiger partial charge in [0.25, 0.3) is 0 Å². The minimum Gasteiger partial charge on any atom is -0.505 e. The Morgan fingerprint density at radius 1 is 1.05 bits per heavy atom. The van der Waals surface area contributed by atoms with Crippen LogP contribution in [-0.4, -0.2) is 15.1 Å². The van der Waals surface area contributed by atoms with Crippen LogP contribution in [0.1, 0.15) is 11.1 Å². The van der Waals surface area contributed by atoms with Crippen molar-refractivity contribution >= 4 is 72.3 Å². The van der Waals surface area contributed by atoms with E-state index in [1.165, 1.54) is 17.7 Å². The Kier molecular flexibility index (Phi) is 4.29. The van der Waals surface area contributed by atoms with Gasteiger partial charge in [-0.05, 0) is 46.5 Å². The summed E-state index contributed by atoms with van der Waals surface area (Å²) in [5.41, 5.74) is 3.11. The molecule has 0 atom stereocenters. The fraction of sp³-hybridized carbons (Fsp3) is 0.143. The fourth-order valence-electron chi connectivity index (χ4n) is 2.42. The number of thiophene rings is 1. The summed E-state index contributed by atoms with van der Waals surface area (Å²) < 4.78 is 0.855. The number of phenols is 1. The Morgan fingerprint density at radius 2 is 1.64 bits per heavy atom. The van der Waals surface area contributed by atoms with Crippen LogP contribution in [0.25, 0.3) is 21.3 Å². The third-order valence-corrected chi connectivity index (χ3v) is 6.45. The van der Waals surface area contributed by atoms with Gasteiger partial charge in [0.15, 0.2) is 5.75 Å². The van der Waals surface area contributed by atoms with Crippen LogP contribution in [0.4, 0.5) is 0 Å². The van der Waals surface area contributed by atoms with Crippen molar-refractivity contribution in [3.8, 4) is 16.9 Å². The summed E-state index contributed by atoms with van der Waals surface area (Å²) in [4.78, 5) is 9.07. The maximum atomic E-state index is 10.0. The van der Waals surface area contributed by atoms with Crippen LogP contribution in [0.15, 0.2) is 10.1 Å². The van der Waals surface area contributed by atoms with E-state index in [9.17, 15) is 5.11 Å². The molecule has 8 heteroatoms. The lowest BCUT2D eigenvalue weighted by Crippen LogP contribution is -1.93. The molecule has 1 N–H and O–H groups in total. The lowest BCUT2D eigenvalue weighted by Gasteiger charge is -2.15. The number of nitrogens with zero attached hydrogens (tertiary/aromatic N) is 2. The maximum Gasteiger partial charge on any atom is 0.153 e. The summed E-state index contributed by atoms with van der Waals surface area (Å²) in [6, 6.07) is 0. The summed E-state index contributed by atoms with van der Waals surface area (Å²) in [7, 11) is 0. The van der Waals surface area contributed by atoms with Crippen LogP contribution in [0.5, 0.6) is 5.75 Å². The van der Waals surface area contributed by atoms with Crippen LogP contribution < -0.4 is 0 Å². The average Bonchev–Trinajstić information content (AvgIpc) is 2.81. The number of halogens is 4. The van der Waals surface area contributed by atoms with Gasteiger partial charge in [-0.2, -0.15) is 0 Å². The molecule has 0 saturated carbocycles. The molecule has 0 radical (unpaired) electrons. The summed E-state index contributed by atoms with van der Waals surface area (Å²) in [5.74, 6) is -0.111. The molecule has 3 nitrogen and oxygen atoms in total. The van der Waals surface area contributed by atoms with Gasteiger partial charge in [-0.3, -0.25) is 0 Å². The third-order valence-electron chi connectivity index (χ3n) is 3.47. The average molecular weight is 439 g/mol. The van der Waals surface area contributed by atoms with E-state index in [0.717, 1.165) is 36.3 Å². The molecule has 0 bridgehead atoms. The highest BCUT2D eigenvalue weighted by Gasteiger charge is 2.24. The highest BCUT2D eigenvalue weighted by atomic mass is 79.9. The highest BCUT2D eigenvalue weighted by Crippen LogP contribution is 2.50. The molecular formula is C14H8BrCl3N2OS. The van der Waals surface area contributed by atoms with E-state index < -0.39 is 0 Å². The van der Waals surface area contributed by atoms with Gasteiger partial charge in [-0.1, -0.05) is 34.8 Å². The third kappa shape index (κ3) is 2.31. The first-order chi connectivity index (χ1) is 10.3. The second-order valence-corrected chi connectivity index (χ2v) is 8.13. The largest absolute Gasteiger partial charge is 0.505 e. The highest BCUT2D eigenvalue weighted by molar-refractivity contribution is 9.11. The van der Waals surface area contributed by atoms with Crippen molar-refractivity contribution in [3.05, 3.63) is 36.4 Å². The molecule has 114 valence electrons. The zero-order chi connectivity index (χ0) is 16.2. The lowest BCUT2D eigenvalue weighted by molar-refractivity contribution is 0.475. The number of rotatable bonds is 1. The molecule has 0 amide bonds. The summed E-state index contributed by atoms with van der Waals surface area (Å²) in [6.45, 7) is 3.66. The molecule has 2 aromatic heterocycles. The molecular weight excluding hydrogens is 430 g/mol. The number of aromatic nitrogens is 2. The Labute approximate surface area is 154 Å². The molecule has 0 aliphatic carbocycles. The second-order valence-electron chi connectivity index (χ2n) is 4.70. The quantitative estimate of drug-likeness (QED) is 0.447. The van der Waals surface area contributed by atoms with Crippen molar-refractivity contribution in [1.29, 1.82) is 0 Å². The molecule has 3 rings (SSSR count). The van der Waals surface area contributed by atoms with Gasteiger partial charge in [0.2, 0.25) is 0 Å². The minimum atomic E-state index is -0.111. The van der Waals surface area contributed by atoms with Crippen LogP contribution in [0.3, 0.4) is 0 Å². The van der Waals surface area contributed by atoms with Crippen molar-refractivity contribution in [3.63, 3.8) is 0 Å². The smallest absolute Gasteiger partial charge is 0.153 e. The van der Waals surface area contributed by atoms with Crippen molar-refractivity contribution in [2.75, 3.05) is 0 Å². The van der Waals surface area contributed by atoms with Crippen molar-refractivity contribution in [2.24, 2.45) is 0 Å². The first kappa shape index (κ1) is 16.3. The number of benzene rings is 1. The number of phenolic OH excluding ortho intramolecular Hbond substituents is 1. The van der Waals surface area contributed by atoms with Gasteiger partial charge in [-0.25, -0.2) is 9.97 Å². The molecule has 0 fully saturated rings. The van der Waals surface area contributed by atoms with E-state index in [0.29, 0.717) is 5.15 Å². The van der Waals surface area contributed by atoms with Crippen LogP contribution in [0, 0.1) is 13.8 Å². The van der Waals surface area contributed by atoms with Gasteiger partial charge in [0.1, 0.15) is 16.3 Å². The van der Waals surface area contributed by atoms with Crippen LogP contribution in [0.2, 0.25) is 15.2 Å². The standard InChI is InChI=1S/C14H8BrCl3N2OS/c1-4-6(5(2)10(17)11(21)9(4)16)7-8-13(18)19-3-20-14(8)22-12(7)15/h3,21H,1-2H3. The molecule has 2 heterocycles. The van der Waals surface area contributed by atoms with Gasteiger partial charge in [-0.15, -0.1) is 11.3 Å². The van der Waals surface area contributed by atoms with Crippen molar-refractivity contribution < 1.29 is 5.11 Å². The minimum absolute atomic E-state index is 0.111. The van der Waals surface area contributed by atoms with Gasteiger partial charge in [0.05, 0.1) is 19.2 Å². The van der Waals surface area contributed by atoms with Crippen LogP contribution in [-0.2, 0) is 0 Å². The van der Waals surface area contributed by atoms with E-state index in [2.05, 4.69) is 25.9 Å². The number of fused-ring (bicyclic) bond motifs is 1. The first-order valence-electron chi connectivity index (χ1n) is 6.10. The van der Waals surface area contributed by atoms with Gasteiger partial charge >= 0.3 is 0 Å². The predicted molar refractivity (Wildman–Crippen MR) is 96.7 cm³/mol. The molecule has 1 aromatic carbocycles. The molecule has 0 saturated heterocycles. The van der Waals surface area contributed by atoms with Crippen molar-refractivity contribution in [1.82, 2.24) is 9.97 Å². The molecule has 3 aromatic rings. The van der Waals surface area contributed by atoms with Crippen LogP contribution >= 0.6 is 62.1 Å².